The highest BCUT2D eigenvalue weighted by Crippen LogP contribution is 2.21. The maximum absolute atomic E-state index is 12.6. The van der Waals surface area contributed by atoms with E-state index in [9.17, 15) is 18.0 Å². The van der Waals surface area contributed by atoms with Gasteiger partial charge in [0.1, 0.15) is 6.54 Å². The Bertz CT molecular complexity index is 514. The van der Waals surface area contributed by atoms with Gasteiger partial charge in [-0.1, -0.05) is 19.4 Å². The molecule has 0 spiro atoms. The Labute approximate surface area is 122 Å². The standard InChI is InChI=1S/C15H19F3N2O/c1-2-3-6-20(10-15(16,17)18)14(21)11-4-5-12-8-19-9-13(12)7-11/h4-5,7,19H,2-3,6,8-10H2,1H3. The van der Waals surface area contributed by atoms with Crippen LogP contribution in [0.2, 0.25) is 0 Å². The molecule has 1 aliphatic rings. The quantitative estimate of drug-likeness (QED) is 0.906. The summed E-state index contributed by atoms with van der Waals surface area (Å²) in [6.45, 7) is 2.22. The average Bonchev–Trinajstić information content (AvgIpc) is 2.88. The number of carbonyl (C=O) groups is 1. The van der Waals surface area contributed by atoms with E-state index in [1.165, 1.54) is 0 Å². The number of carbonyl (C=O) groups excluding carboxylic acids is 1. The second-order valence-corrected chi connectivity index (χ2v) is 5.28. The first-order chi connectivity index (χ1) is 9.90. The maximum Gasteiger partial charge on any atom is 0.406 e. The van der Waals surface area contributed by atoms with Crippen molar-refractivity contribution in [3.63, 3.8) is 0 Å². The first kappa shape index (κ1) is 15.8. The molecular formula is C15H19F3N2O. The van der Waals surface area contributed by atoms with Gasteiger partial charge in [0.15, 0.2) is 0 Å². The molecule has 6 heteroatoms. The summed E-state index contributed by atoms with van der Waals surface area (Å²) in [5.74, 6) is -0.546. The Morgan fingerprint density at radius 3 is 2.67 bits per heavy atom. The summed E-state index contributed by atoms with van der Waals surface area (Å²) in [6.07, 6.45) is -3.06. The number of nitrogens with one attached hydrogen (secondary N) is 1. The second-order valence-electron chi connectivity index (χ2n) is 5.28. The molecule has 1 heterocycles. The Kier molecular flexibility index (Phi) is 4.88. The van der Waals surface area contributed by atoms with Crippen LogP contribution in [-0.4, -0.2) is 30.1 Å². The minimum Gasteiger partial charge on any atom is -0.330 e. The zero-order chi connectivity index (χ0) is 15.5. The zero-order valence-electron chi connectivity index (χ0n) is 12.0. The van der Waals surface area contributed by atoms with Crippen LogP contribution in [0.3, 0.4) is 0 Å². The van der Waals surface area contributed by atoms with Crippen LogP contribution in [0.1, 0.15) is 41.3 Å². The molecule has 1 amide bonds. The molecule has 0 fully saturated rings. The van der Waals surface area contributed by atoms with Gasteiger partial charge in [0.2, 0.25) is 0 Å². The number of unbranched alkanes of at least 4 members (excludes halogenated alkanes) is 1. The van der Waals surface area contributed by atoms with E-state index in [-0.39, 0.29) is 6.54 Å². The van der Waals surface area contributed by atoms with E-state index >= 15 is 0 Å². The molecule has 21 heavy (non-hydrogen) atoms. The number of rotatable bonds is 5. The fourth-order valence-electron chi connectivity index (χ4n) is 2.43. The van der Waals surface area contributed by atoms with Crippen LogP contribution < -0.4 is 5.32 Å². The van der Waals surface area contributed by atoms with Gasteiger partial charge in [0.25, 0.3) is 5.91 Å². The van der Waals surface area contributed by atoms with Gasteiger partial charge in [0.05, 0.1) is 0 Å². The van der Waals surface area contributed by atoms with Gasteiger partial charge in [-0.05, 0) is 29.7 Å². The Morgan fingerprint density at radius 1 is 1.29 bits per heavy atom. The van der Waals surface area contributed by atoms with E-state index in [2.05, 4.69) is 5.32 Å². The molecule has 0 radical (unpaired) electrons. The Hall–Kier alpha value is -1.56. The topological polar surface area (TPSA) is 32.3 Å². The SMILES string of the molecule is CCCCN(CC(F)(F)F)C(=O)c1ccc2c(c1)CNC2. The molecule has 0 bridgehead atoms. The zero-order valence-corrected chi connectivity index (χ0v) is 12.0. The van der Waals surface area contributed by atoms with E-state index in [0.717, 1.165) is 29.0 Å². The van der Waals surface area contributed by atoms with Crippen molar-refractivity contribution in [3.8, 4) is 0 Å². The number of nitrogens with zero attached hydrogens (tertiary/aromatic N) is 1. The summed E-state index contributed by atoms with van der Waals surface area (Å²) in [7, 11) is 0. The van der Waals surface area contributed by atoms with Crippen molar-refractivity contribution < 1.29 is 18.0 Å². The van der Waals surface area contributed by atoms with Crippen LogP contribution in [0, 0.1) is 0 Å². The number of benzene rings is 1. The lowest BCUT2D eigenvalue weighted by molar-refractivity contribution is -0.140. The molecule has 2 rings (SSSR count). The van der Waals surface area contributed by atoms with Crippen molar-refractivity contribution in [2.24, 2.45) is 0 Å². The molecule has 0 aromatic heterocycles. The summed E-state index contributed by atoms with van der Waals surface area (Å²) in [4.78, 5) is 13.2. The smallest absolute Gasteiger partial charge is 0.330 e. The fourth-order valence-corrected chi connectivity index (χ4v) is 2.43. The van der Waals surface area contributed by atoms with Gasteiger partial charge in [-0.15, -0.1) is 0 Å². The van der Waals surface area contributed by atoms with Crippen LogP contribution in [0.15, 0.2) is 18.2 Å². The van der Waals surface area contributed by atoms with Gasteiger partial charge in [0, 0.05) is 25.2 Å². The van der Waals surface area contributed by atoms with E-state index in [0.29, 0.717) is 18.5 Å². The molecule has 0 unspecified atom stereocenters. The van der Waals surface area contributed by atoms with Crippen molar-refractivity contribution in [3.05, 3.63) is 34.9 Å². The number of alkyl halides is 3. The van der Waals surface area contributed by atoms with Crippen molar-refractivity contribution in [2.45, 2.75) is 39.0 Å². The minimum atomic E-state index is -4.37. The van der Waals surface area contributed by atoms with Crippen molar-refractivity contribution in [1.29, 1.82) is 0 Å². The summed E-state index contributed by atoms with van der Waals surface area (Å²) in [5.41, 5.74) is 2.42. The highest BCUT2D eigenvalue weighted by molar-refractivity contribution is 5.94. The molecule has 0 atom stereocenters. The molecule has 1 aromatic carbocycles. The van der Waals surface area contributed by atoms with Crippen LogP contribution in [0.4, 0.5) is 13.2 Å². The molecule has 3 nitrogen and oxygen atoms in total. The number of halogens is 3. The lowest BCUT2D eigenvalue weighted by Gasteiger charge is -2.24. The molecule has 0 aliphatic carbocycles. The average molecular weight is 300 g/mol. The van der Waals surface area contributed by atoms with Gasteiger partial charge < -0.3 is 10.2 Å². The molecule has 0 saturated carbocycles. The van der Waals surface area contributed by atoms with Crippen LogP contribution in [0.25, 0.3) is 0 Å². The van der Waals surface area contributed by atoms with Crippen molar-refractivity contribution >= 4 is 5.91 Å². The normalized spacial score (nSPS) is 14.1. The molecular weight excluding hydrogens is 281 g/mol. The highest BCUT2D eigenvalue weighted by Gasteiger charge is 2.33. The maximum atomic E-state index is 12.6. The fraction of sp³-hybridized carbons (Fsp3) is 0.533. The monoisotopic (exact) mass is 300 g/mol. The molecule has 1 N–H and O–H groups in total. The number of hydrogen-bond acceptors (Lipinski definition) is 2. The summed E-state index contributed by atoms with van der Waals surface area (Å²) < 4.78 is 37.9. The van der Waals surface area contributed by atoms with E-state index in [1.807, 2.05) is 13.0 Å². The number of fused-ring (bicyclic) bond motifs is 1. The number of hydrogen-bond donors (Lipinski definition) is 1. The first-order valence-electron chi connectivity index (χ1n) is 7.09. The third kappa shape index (κ3) is 4.20. The lowest BCUT2D eigenvalue weighted by atomic mass is 10.1. The molecule has 1 aliphatic heterocycles. The first-order valence-corrected chi connectivity index (χ1v) is 7.09. The van der Waals surface area contributed by atoms with Crippen molar-refractivity contribution in [1.82, 2.24) is 10.2 Å². The molecule has 1 aromatic rings. The number of amides is 1. The molecule has 116 valence electrons. The largest absolute Gasteiger partial charge is 0.406 e. The van der Waals surface area contributed by atoms with Gasteiger partial charge in [-0.3, -0.25) is 4.79 Å². The van der Waals surface area contributed by atoms with Crippen LogP contribution in [-0.2, 0) is 13.1 Å². The second kappa shape index (κ2) is 6.47. The predicted molar refractivity (Wildman–Crippen MR) is 73.9 cm³/mol. The van der Waals surface area contributed by atoms with Gasteiger partial charge in [-0.2, -0.15) is 13.2 Å². The summed E-state index contributed by atoms with van der Waals surface area (Å²) >= 11 is 0. The third-order valence-corrected chi connectivity index (χ3v) is 3.52. The Morgan fingerprint density at radius 2 is 2.00 bits per heavy atom. The minimum absolute atomic E-state index is 0.129. The van der Waals surface area contributed by atoms with E-state index < -0.39 is 18.6 Å². The van der Waals surface area contributed by atoms with E-state index in [1.54, 1.807) is 12.1 Å². The van der Waals surface area contributed by atoms with Gasteiger partial charge >= 0.3 is 6.18 Å². The summed E-state index contributed by atoms with van der Waals surface area (Å²) in [5, 5.41) is 3.15. The predicted octanol–water partition coefficient (Wildman–Crippen LogP) is 3.09. The third-order valence-electron chi connectivity index (χ3n) is 3.52. The highest BCUT2D eigenvalue weighted by atomic mass is 19.4. The van der Waals surface area contributed by atoms with Crippen LogP contribution in [0.5, 0.6) is 0 Å². The van der Waals surface area contributed by atoms with Crippen molar-refractivity contribution in [2.75, 3.05) is 13.1 Å². The molecule has 0 saturated heterocycles. The summed E-state index contributed by atoms with van der Waals surface area (Å²) in [6, 6.07) is 5.13. The van der Waals surface area contributed by atoms with Gasteiger partial charge in [-0.25, -0.2) is 0 Å². The Balaban J connectivity index is 2.16. The van der Waals surface area contributed by atoms with E-state index in [4.69, 9.17) is 0 Å². The van der Waals surface area contributed by atoms with Crippen LogP contribution >= 0.6 is 0 Å². The lowest BCUT2D eigenvalue weighted by Crippen LogP contribution is -2.39.